The van der Waals surface area contributed by atoms with Crippen molar-refractivity contribution in [3.05, 3.63) is 33.1 Å². The van der Waals surface area contributed by atoms with Gasteiger partial charge in [0.1, 0.15) is 17.0 Å². The van der Waals surface area contributed by atoms with Crippen molar-refractivity contribution in [2.75, 3.05) is 6.61 Å². The molecular weight excluding hydrogens is 250 g/mol. The molecule has 0 N–H and O–H groups in total. The van der Waals surface area contributed by atoms with Gasteiger partial charge >= 0.3 is 11.7 Å². The molecule has 0 unspecified atom stereocenters. The molecule has 0 spiro atoms. The van der Waals surface area contributed by atoms with Gasteiger partial charge in [-0.2, -0.15) is 0 Å². The minimum Gasteiger partial charge on any atom is -0.462 e. The number of carbonyl (C=O) groups is 1. The number of carbonyl (C=O) groups excluding carboxylic acids is 1. The van der Waals surface area contributed by atoms with Crippen LogP contribution in [0.4, 0.5) is 14.5 Å². The number of alkyl halides is 2. The Morgan fingerprint density at radius 3 is 2.67 bits per heavy atom. The Kier molecular flexibility index (Phi) is 4.24. The Hall–Kier alpha value is -2.12. The Morgan fingerprint density at radius 1 is 1.61 bits per heavy atom. The van der Waals surface area contributed by atoms with E-state index in [1.807, 2.05) is 0 Å². The second kappa shape index (κ2) is 5.48. The van der Waals surface area contributed by atoms with E-state index in [0.29, 0.717) is 6.07 Å². The van der Waals surface area contributed by atoms with Crippen LogP contribution >= 0.6 is 0 Å². The molecule has 1 aromatic rings. The molecule has 0 radical (unpaired) electrons. The lowest BCUT2D eigenvalue weighted by atomic mass is 10.1. The van der Waals surface area contributed by atoms with Gasteiger partial charge in [0.2, 0.25) is 0 Å². The number of hydrogen-bond acceptors (Lipinski definition) is 5. The highest BCUT2D eigenvalue weighted by molar-refractivity contribution is 5.94. The number of halogens is 2. The summed E-state index contributed by atoms with van der Waals surface area (Å²) in [5, 5.41) is 10.8. The fourth-order valence-corrected chi connectivity index (χ4v) is 1.40. The first kappa shape index (κ1) is 13.9. The minimum atomic E-state index is -2.92. The lowest BCUT2D eigenvalue weighted by Gasteiger charge is -2.07. The molecule has 0 aliphatic heterocycles. The standard InChI is InChI=1S/C10H10F2N2O4/c1-3-18-10(15)6-4-7(9(11)12)13-5(2)8(6)14(16)17/h4,9H,3H2,1-2H3. The van der Waals surface area contributed by atoms with Gasteiger partial charge in [0.05, 0.1) is 11.5 Å². The number of aromatic nitrogens is 1. The summed E-state index contributed by atoms with van der Waals surface area (Å²) in [6.45, 7) is 2.68. The quantitative estimate of drug-likeness (QED) is 0.471. The first-order chi connectivity index (χ1) is 8.38. The Labute approximate surface area is 101 Å². The summed E-state index contributed by atoms with van der Waals surface area (Å²) in [7, 11) is 0. The normalized spacial score (nSPS) is 10.5. The van der Waals surface area contributed by atoms with Gasteiger partial charge in [0, 0.05) is 0 Å². The molecule has 1 aromatic heterocycles. The van der Waals surface area contributed by atoms with Crippen LogP contribution in [-0.4, -0.2) is 22.5 Å². The molecule has 0 aliphatic carbocycles. The summed E-state index contributed by atoms with van der Waals surface area (Å²) in [5.74, 6) is -1.02. The van der Waals surface area contributed by atoms with E-state index in [2.05, 4.69) is 9.72 Å². The maximum Gasteiger partial charge on any atom is 0.345 e. The number of rotatable bonds is 4. The summed E-state index contributed by atoms with van der Waals surface area (Å²) in [4.78, 5) is 24.9. The molecule has 0 bridgehead atoms. The molecule has 0 amide bonds. The van der Waals surface area contributed by atoms with Gasteiger partial charge in [-0.3, -0.25) is 10.1 Å². The molecule has 98 valence electrons. The van der Waals surface area contributed by atoms with Crippen molar-refractivity contribution in [2.45, 2.75) is 20.3 Å². The van der Waals surface area contributed by atoms with E-state index >= 15 is 0 Å². The summed E-state index contributed by atoms with van der Waals surface area (Å²) < 4.78 is 29.6. The third kappa shape index (κ3) is 2.76. The van der Waals surface area contributed by atoms with Crippen LogP contribution in [0.2, 0.25) is 0 Å². The molecule has 0 saturated carbocycles. The fourth-order valence-electron chi connectivity index (χ4n) is 1.40. The molecule has 0 aliphatic rings. The van der Waals surface area contributed by atoms with Gasteiger partial charge in [0.15, 0.2) is 0 Å². The minimum absolute atomic E-state index is 0.0125. The van der Waals surface area contributed by atoms with Crippen molar-refractivity contribution in [3.8, 4) is 0 Å². The van der Waals surface area contributed by atoms with Crippen LogP contribution < -0.4 is 0 Å². The van der Waals surface area contributed by atoms with Crippen LogP contribution in [0.25, 0.3) is 0 Å². The van der Waals surface area contributed by atoms with E-state index in [-0.39, 0.29) is 12.3 Å². The molecule has 0 saturated heterocycles. The second-order valence-corrected chi connectivity index (χ2v) is 3.31. The lowest BCUT2D eigenvalue weighted by molar-refractivity contribution is -0.386. The van der Waals surface area contributed by atoms with Crippen molar-refractivity contribution < 1.29 is 23.2 Å². The average Bonchev–Trinajstić information content (AvgIpc) is 2.27. The van der Waals surface area contributed by atoms with Crippen LogP contribution in [0.15, 0.2) is 6.07 Å². The predicted molar refractivity (Wildman–Crippen MR) is 56.5 cm³/mol. The Bertz CT molecular complexity index is 491. The number of esters is 1. The molecule has 0 atom stereocenters. The van der Waals surface area contributed by atoms with Crippen molar-refractivity contribution in [3.63, 3.8) is 0 Å². The van der Waals surface area contributed by atoms with Crippen molar-refractivity contribution in [1.29, 1.82) is 0 Å². The van der Waals surface area contributed by atoms with Gasteiger partial charge < -0.3 is 4.74 Å². The third-order valence-corrected chi connectivity index (χ3v) is 2.09. The number of pyridine rings is 1. The van der Waals surface area contributed by atoms with Crippen molar-refractivity contribution >= 4 is 11.7 Å². The summed E-state index contributed by atoms with van der Waals surface area (Å²) in [5.41, 5.74) is -2.07. The molecule has 6 nitrogen and oxygen atoms in total. The first-order valence-electron chi connectivity index (χ1n) is 4.99. The molecule has 1 heterocycles. The smallest absolute Gasteiger partial charge is 0.345 e. The molecule has 8 heteroatoms. The van der Waals surface area contributed by atoms with E-state index in [1.165, 1.54) is 13.8 Å². The van der Waals surface area contributed by atoms with Crippen LogP contribution in [0.5, 0.6) is 0 Å². The molecule has 1 rings (SSSR count). The zero-order valence-corrected chi connectivity index (χ0v) is 9.65. The first-order valence-corrected chi connectivity index (χ1v) is 4.99. The lowest BCUT2D eigenvalue weighted by Crippen LogP contribution is -2.11. The maximum atomic E-state index is 12.5. The highest BCUT2D eigenvalue weighted by Gasteiger charge is 2.28. The van der Waals surface area contributed by atoms with Gasteiger partial charge in [0.25, 0.3) is 6.43 Å². The maximum absolute atomic E-state index is 12.5. The highest BCUT2D eigenvalue weighted by atomic mass is 19.3. The van der Waals surface area contributed by atoms with Crippen molar-refractivity contribution in [2.24, 2.45) is 0 Å². The van der Waals surface area contributed by atoms with E-state index in [4.69, 9.17) is 0 Å². The Balaban J connectivity index is 3.42. The second-order valence-electron chi connectivity index (χ2n) is 3.31. The summed E-state index contributed by atoms with van der Waals surface area (Å²) in [6.07, 6.45) is -2.92. The van der Waals surface area contributed by atoms with Gasteiger partial charge in [-0.05, 0) is 19.9 Å². The number of aryl methyl sites for hydroxylation is 1. The molecule has 0 fully saturated rings. The zero-order chi connectivity index (χ0) is 13.9. The van der Waals surface area contributed by atoms with E-state index in [0.717, 1.165) is 0 Å². The van der Waals surface area contributed by atoms with E-state index < -0.39 is 34.3 Å². The van der Waals surface area contributed by atoms with Crippen LogP contribution in [0.1, 0.15) is 35.1 Å². The van der Waals surface area contributed by atoms with Gasteiger partial charge in [-0.1, -0.05) is 0 Å². The number of nitrogens with zero attached hydrogens (tertiary/aromatic N) is 2. The molecule has 18 heavy (non-hydrogen) atoms. The van der Waals surface area contributed by atoms with Crippen LogP contribution in [0, 0.1) is 17.0 Å². The van der Waals surface area contributed by atoms with Crippen molar-refractivity contribution in [1.82, 2.24) is 4.98 Å². The predicted octanol–water partition coefficient (Wildman–Crippen LogP) is 2.41. The van der Waals surface area contributed by atoms with E-state index in [1.54, 1.807) is 0 Å². The summed E-state index contributed by atoms with van der Waals surface area (Å²) >= 11 is 0. The largest absolute Gasteiger partial charge is 0.462 e. The molecule has 0 aromatic carbocycles. The van der Waals surface area contributed by atoms with Crippen LogP contribution in [-0.2, 0) is 4.74 Å². The van der Waals surface area contributed by atoms with E-state index in [9.17, 15) is 23.7 Å². The van der Waals surface area contributed by atoms with Crippen LogP contribution in [0.3, 0.4) is 0 Å². The highest BCUT2D eigenvalue weighted by Crippen LogP contribution is 2.27. The number of ether oxygens (including phenoxy) is 1. The fraction of sp³-hybridized carbons (Fsp3) is 0.400. The monoisotopic (exact) mass is 260 g/mol. The number of hydrogen-bond donors (Lipinski definition) is 0. The SMILES string of the molecule is CCOC(=O)c1cc(C(F)F)nc(C)c1[N+](=O)[O-]. The Morgan fingerprint density at radius 2 is 2.22 bits per heavy atom. The zero-order valence-electron chi connectivity index (χ0n) is 9.65. The number of nitro groups is 1. The molecular formula is C10H10F2N2O4. The topological polar surface area (TPSA) is 82.3 Å². The van der Waals surface area contributed by atoms with Gasteiger partial charge in [-0.15, -0.1) is 0 Å². The third-order valence-electron chi connectivity index (χ3n) is 2.09. The van der Waals surface area contributed by atoms with Gasteiger partial charge in [-0.25, -0.2) is 18.6 Å². The summed E-state index contributed by atoms with van der Waals surface area (Å²) in [6, 6.07) is 0.688. The average molecular weight is 260 g/mol.